The van der Waals surface area contributed by atoms with Gasteiger partial charge in [0.15, 0.2) is 12.4 Å². The van der Waals surface area contributed by atoms with Crippen LogP contribution in [0.4, 0.5) is 8.78 Å². The van der Waals surface area contributed by atoms with Crippen LogP contribution in [0.1, 0.15) is 15.9 Å². The molecule has 0 N–H and O–H groups in total. The molecule has 3 nitrogen and oxygen atoms in total. The molecule has 0 radical (unpaired) electrons. The van der Waals surface area contributed by atoms with Crippen molar-refractivity contribution >= 4 is 11.8 Å². The second kappa shape index (κ2) is 6.74. The maximum atomic E-state index is 13.3. The van der Waals surface area contributed by atoms with E-state index in [9.17, 15) is 18.4 Å². The second-order valence-electron chi connectivity index (χ2n) is 4.36. The lowest BCUT2D eigenvalue weighted by atomic mass is 10.1. The zero-order valence-electron chi connectivity index (χ0n) is 11.0. The molecule has 0 fully saturated rings. The second-order valence-corrected chi connectivity index (χ2v) is 4.36. The number of rotatable bonds is 5. The first-order valence-electron chi connectivity index (χ1n) is 6.24. The standard InChI is InChI=1S/C16H12F2O3/c17-13-7-5-11(6-8-13)15(19)10-21-16(20)9-12-3-1-2-4-14(12)18/h1-8H,9-10H2. The smallest absolute Gasteiger partial charge is 0.310 e. The molecule has 0 saturated carbocycles. The predicted octanol–water partition coefficient (Wildman–Crippen LogP) is 2.93. The molecule has 108 valence electrons. The normalized spacial score (nSPS) is 10.2. The number of carbonyl (C=O) groups excluding carboxylic acids is 2. The van der Waals surface area contributed by atoms with Crippen molar-refractivity contribution in [1.29, 1.82) is 0 Å². The molecule has 0 bridgehead atoms. The molecular weight excluding hydrogens is 278 g/mol. The van der Waals surface area contributed by atoms with Gasteiger partial charge < -0.3 is 4.74 Å². The Bertz CT molecular complexity index is 651. The maximum absolute atomic E-state index is 13.3. The molecular formula is C16H12F2O3. The van der Waals surface area contributed by atoms with Crippen LogP contribution in [0.5, 0.6) is 0 Å². The van der Waals surface area contributed by atoms with Crippen LogP contribution in [0, 0.1) is 11.6 Å². The van der Waals surface area contributed by atoms with Crippen molar-refractivity contribution in [2.45, 2.75) is 6.42 Å². The number of ether oxygens (including phenoxy) is 1. The van der Waals surface area contributed by atoms with Crippen LogP contribution in [0.3, 0.4) is 0 Å². The largest absolute Gasteiger partial charge is 0.457 e. The molecule has 0 unspecified atom stereocenters. The van der Waals surface area contributed by atoms with Crippen LogP contribution >= 0.6 is 0 Å². The maximum Gasteiger partial charge on any atom is 0.310 e. The quantitative estimate of drug-likeness (QED) is 0.628. The van der Waals surface area contributed by atoms with Crippen LogP contribution in [-0.4, -0.2) is 18.4 Å². The fourth-order valence-corrected chi connectivity index (χ4v) is 1.71. The molecule has 2 aromatic rings. The van der Waals surface area contributed by atoms with E-state index < -0.39 is 30.0 Å². The van der Waals surface area contributed by atoms with Gasteiger partial charge in [0.1, 0.15) is 11.6 Å². The van der Waals surface area contributed by atoms with Gasteiger partial charge >= 0.3 is 5.97 Å². The summed E-state index contributed by atoms with van der Waals surface area (Å²) in [6.45, 7) is -0.459. The minimum atomic E-state index is -0.699. The van der Waals surface area contributed by atoms with Crippen molar-refractivity contribution < 1.29 is 23.1 Å². The van der Waals surface area contributed by atoms with E-state index in [-0.39, 0.29) is 17.5 Å². The Morgan fingerprint density at radius 3 is 2.29 bits per heavy atom. The topological polar surface area (TPSA) is 43.4 Å². The number of esters is 1. The van der Waals surface area contributed by atoms with Gasteiger partial charge in [-0.1, -0.05) is 18.2 Å². The van der Waals surface area contributed by atoms with Gasteiger partial charge in [0.05, 0.1) is 6.42 Å². The molecule has 2 rings (SSSR count). The zero-order valence-corrected chi connectivity index (χ0v) is 11.0. The fraction of sp³-hybridized carbons (Fsp3) is 0.125. The van der Waals surface area contributed by atoms with E-state index in [1.807, 2.05) is 0 Å². The van der Waals surface area contributed by atoms with Gasteiger partial charge in [-0.3, -0.25) is 9.59 Å². The van der Waals surface area contributed by atoms with Crippen molar-refractivity contribution in [3.63, 3.8) is 0 Å². The molecule has 0 aliphatic rings. The molecule has 0 aromatic heterocycles. The van der Waals surface area contributed by atoms with Gasteiger partial charge in [0.2, 0.25) is 0 Å². The Balaban J connectivity index is 1.88. The van der Waals surface area contributed by atoms with E-state index in [1.165, 1.54) is 30.3 Å². The lowest BCUT2D eigenvalue weighted by Gasteiger charge is -2.05. The molecule has 21 heavy (non-hydrogen) atoms. The molecule has 0 spiro atoms. The lowest BCUT2D eigenvalue weighted by molar-refractivity contribution is -0.141. The number of Topliss-reactive ketones (excluding diaryl/α,β-unsaturated/α-hetero) is 1. The van der Waals surface area contributed by atoms with Crippen LogP contribution in [-0.2, 0) is 16.0 Å². The third kappa shape index (κ3) is 4.21. The average molecular weight is 290 g/mol. The molecule has 0 aliphatic heterocycles. The average Bonchev–Trinajstić information content (AvgIpc) is 2.48. The highest BCUT2D eigenvalue weighted by Crippen LogP contribution is 2.08. The van der Waals surface area contributed by atoms with Crippen LogP contribution in [0.15, 0.2) is 48.5 Å². The third-order valence-electron chi connectivity index (χ3n) is 2.82. The van der Waals surface area contributed by atoms with E-state index in [1.54, 1.807) is 6.07 Å². The van der Waals surface area contributed by atoms with E-state index >= 15 is 0 Å². The Morgan fingerprint density at radius 2 is 1.62 bits per heavy atom. The van der Waals surface area contributed by atoms with Crippen LogP contribution in [0.25, 0.3) is 0 Å². The highest BCUT2D eigenvalue weighted by Gasteiger charge is 2.12. The summed E-state index contributed by atoms with van der Waals surface area (Å²) < 4.78 is 30.9. The van der Waals surface area contributed by atoms with Crippen molar-refractivity contribution in [1.82, 2.24) is 0 Å². The van der Waals surface area contributed by atoms with Crippen molar-refractivity contribution in [3.8, 4) is 0 Å². The minimum Gasteiger partial charge on any atom is -0.457 e. The Morgan fingerprint density at radius 1 is 0.952 bits per heavy atom. The summed E-state index contributed by atoms with van der Waals surface area (Å²) in [6, 6.07) is 10.7. The summed E-state index contributed by atoms with van der Waals surface area (Å²) in [4.78, 5) is 23.3. The van der Waals surface area contributed by atoms with Crippen LogP contribution in [0.2, 0.25) is 0 Å². The van der Waals surface area contributed by atoms with Crippen molar-refractivity contribution in [3.05, 3.63) is 71.3 Å². The summed E-state index contributed by atoms with van der Waals surface area (Å²) in [7, 11) is 0. The molecule has 0 aliphatic carbocycles. The number of ketones is 1. The molecule has 0 heterocycles. The Kier molecular flexibility index (Phi) is 4.77. The van der Waals surface area contributed by atoms with E-state index in [4.69, 9.17) is 4.74 Å². The number of hydrogen-bond acceptors (Lipinski definition) is 3. The number of carbonyl (C=O) groups is 2. The summed E-state index contributed by atoms with van der Waals surface area (Å²) in [5, 5.41) is 0. The third-order valence-corrected chi connectivity index (χ3v) is 2.82. The van der Waals surface area contributed by atoms with Crippen molar-refractivity contribution in [2.24, 2.45) is 0 Å². The number of halogens is 2. The van der Waals surface area contributed by atoms with Gasteiger partial charge in [0, 0.05) is 5.56 Å². The minimum absolute atomic E-state index is 0.205. The van der Waals surface area contributed by atoms with Gasteiger partial charge in [-0.15, -0.1) is 0 Å². The molecule has 2 aromatic carbocycles. The highest BCUT2D eigenvalue weighted by atomic mass is 19.1. The number of hydrogen-bond donors (Lipinski definition) is 0. The molecule has 0 atom stereocenters. The van der Waals surface area contributed by atoms with Gasteiger partial charge in [-0.25, -0.2) is 8.78 Å². The van der Waals surface area contributed by atoms with E-state index in [2.05, 4.69) is 0 Å². The summed E-state index contributed by atoms with van der Waals surface area (Å²) in [5.41, 5.74) is 0.451. The highest BCUT2D eigenvalue weighted by molar-refractivity contribution is 5.97. The first-order valence-corrected chi connectivity index (χ1v) is 6.24. The monoisotopic (exact) mass is 290 g/mol. The molecule has 0 saturated heterocycles. The van der Waals surface area contributed by atoms with Crippen molar-refractivity contribution in [2.75, 3.05) is 6.61 Å². The van der Waals surface area contributed by atoms with Gasteiger partial charge in [-0.2, -0.15) is 0 Å². The van der Waals surface area contributed by atoms with E-state index in [0.29, 0.717) is 0 Å². The van der Waals surface area contributed by atoms with Crippen LogP contribution < -0.4 is 0 Å². The SMILES string of the molecule is O=C(Cc1ccccc1F)OCC(=O)c1ccc(F)cc1. The first-order chi connectivity index (χ1) is 10.1. The lowest BCUT2D eigenvalue weighted by Crippen LogP contribution is -2.16. The number of benzene rings is 2. The summed E-state index contributed by atoms with van der Waals surface area (Å²) in [5.74, 6) is -2.10. The first kappa shape index (κ1) is 14.8. The Hall–Kier alpha value is -2.56. The van der Waals surface area contributed by atoms with Gasteiger partial charge in [0.25, 0.3) is 0 Å². The van der Waals surface area contributed by atoms with E-state index in [0.717, 1.165) is 12.1 Å². The summed E-state index contributed by atoms with van der Waals surface area (Å²) >= 11 is 0. The predicted molar refractivity (Wildman–Crippen MR) is 71.8 cm³/mol. The van der Waals surface area contributed by atoms with Gasteiger partial charge in [-0.05, 0) is 35.9 Å². The zero-order chi connectivity index (χ0) is 15.2. The Labute approximate surface area is 120 Å². The molecule has 0 amide bonds. The summed E-state index contributed by atoms with van der Waals surface area (Å²) in [6.07, 6.45) is -0.247. The fourth-order valence-electron chi connectivity index (χ4n) is 1.71. The molecule has 5 heteroatoms.